The Morgan fingerprint density at radius 2 is 1.89 bits per heavy atom. The van der Waals surface area contributed by atoms with E-state index in [0.717, 1.165) is 5.56 Å². The standard InChI is InChI=1S/C13H17N3O3/c1-3-19-13(18)11(14)15-16-12(17)9(2)10-7-5-4-6-8-10/h4-9H,3H2,1-2H3,(H2,14,15)(H,16,17). The summed E-state index contributed by atoms with van der Waals surface area (Å²) in [6, 6.07) is 9.21. The minimum Gasteiger partial charge on any atom is -0.460 e. The number of hydrazine groups is 1. The molecule has 0 saturated carbocycles. The molecule has 0 aliphatic heterocycles. The summed E-state index contributed by atoms with van der Waals surface area (Å²) in [5.74, 6) is -2.03. The second-order valence-electron chi connectivity index (χ2n) is 3.84. The highest BCUT2D eigenvalue weighted by molar-refractivity contribution is 6.34. The van der Waals surface area contributed by atoms with Crippen LogP contribution in [0.4, 0.5) is 0 Å². The second kappa shape index (κ2) is 7.15. The van der Waals surface area contributed by atoms with Gasteiger partial charge in [0.2, 0.25) is 11.7 Å². The van der Waals surface area contributed by atoms with Gasteiger partial charge in [0.1, 0.15) is 0 Å². The first-order chi connectivity index (χ1) is 9.06. The van der Waals surface area contributed by atoms with Crippen molar-refractivity contribution in [3.63, 3.8) is 0 Å². The molecule has 0 radical (unpaired) electrons. The first kappa shape index (κ1) is 14.7. The van der Waals surface area contributed by atoms with Gasteiger partial charge in [-0.3, -0.25) is 21.1 Å². The summed E-state index contributed by atoms with van der Waals surface area (Å²) in [6.45, 7) is 3.55. The van der Waals surface area contributed by atoms with Gasteiger partial charge in [0.05, 0.1) is 12.5 Å². The maximum absolute atomic E-state index is 11.8. The van der Waals surface area contributed by atoms with E-state index in [-0.39, 0.29) is 18.4 Å². The van der Waals surface area contributed by atoms with Gasteiger partial charge in [-0.05, 0) is 19.4 Å². The van der Waals surface area contributed by atoms with Crippen molar-refractivity contribution in [3.05, 3.63) is 35.9 Å². The highest BCUT2D eigenvalue weighted by Crippen LogP contribution is 2.13. The molecule has 6 heteroatoms. The molecule has 1 aromatic rings. The van der Waals surface area contributed by atoms with E-state index in [0.29, 0.717) is 0 Å². The maximum Gasteiger partial charge on any atom is 0.375 e. The molecule has 6 nitrogen and oxygen atoms in total. The van der Waals surface area contributed by atoms with Crippen LogP contribution in [0.2, 0.25) is 0 Å². The number of benzene rings is 1. The molecule has 0 spiro atoms. The summed E-state index contributed by atoms with van der Waals surface area (Å²) in [7, 11) is 0. The van der Waals surface area contributed by atoms with Crippen LogP contribution in [0.5, 0.6) is 0 Å². The van der Waals surface area contributed by atoms with Crippen molar-refractivity contribution in [2.24, 2.45) is 0 Å². The van der Waals surface area contributed by atoms with Gasteiger partial charge in [-0.2, -0.15) is 0 Å². The molecule has 0 fully saturated rings. The Balaban J connectivity index is 2.48. The largest absolute Gasteiger partial charge is 0.460 e. The van der Waals surface area contributed by atoms with Gasteiger partial charge in [0.25, 0.3) is 0 Å². The Labute approximate surface area is 111 Å². The molecule has 102 valence electrons. The molecule has 1 unspecified atom stereocenters. The van der Waals surface area contributed by atoms with Gasteiger partial charge >= 0.3 is 5.97 Å². The Morgan fingerprint density at radius 3 is 2.47 bits per heavy atom. The third-order valence-corrected chi connectivity index (χ3v) is 2.48. The third-order valence-electron chi connectivity index (χ3n) is 2.48. The van der Waals surface area contributed by atoms with E-state index in [1.165, 1.54) is 0 Å². The van der Waals surface area contributed by atoms with Gasteiger partial charge in [0, 0.05) is 0 Å². The molecule has 0 heterocycles. The van der Waals surface area contributed by atoms with Gasteiger partial charge in [0.15, 0.2) is 0 Å². The van der Waals surface area contributed by atoms with Crippen molar-refractivity contribution < 1.29 is 14.3 Å². The van der Waals surface area contributed by atoms with Crippen molar-refractivity contribution in [3.8, 4) is 0 Å². The van der Waals surface area contributed by atoms with Crippen molar-refractivity contribution in [2.75, 3.05) is 6.61 Å². The fraction of sp³-hybridized carbons (Fsp3) is 0.308. The molecule has 1 aromatic carbocycles. The number of hydrogen-bond acceptors (Lipinski definition) is 4. The molecular formula is C13H17N3O3. The molecule has 0 bridgehead atoms. The Bertz CT molecular complexity index is 459. The molecule has 1 amide bonds. The van der Waals surface area contributed by atoms with Crippen LogP contribution in [0.3, 0.4) is 0 Å². The van der Waals surface area contributed by atoms with E-state index >= 15 is 0 Å². The molecule has 1 atom stereocenters. The van der Waals surface area contributed by atoms with Gasteiger partial charge in [-0.15, -0.1) is 0 Å². The Hall–Kier alpha value is -2.37. The van der Waals surface area contributed by atoms with E-state index in [1.807, 2.05) is 30.3 Å². The average Bonchev–Trinajstić information content (AvgIpc) is 2.44. The zero-order chi connectivity index (χ0) is 14.3. The predicted molar refractivity (Wildman–Crippen MR) is 70.5 cm³/mol. The fourth-order valence-corrected chi connectivity index (χ4v) is 1.38. The number of esters is 1. The number of ether oxygens (including phenoxy) is 1. The number of nitrogens with one attached hydrogen (secondary N) is 3. The average molecular weight is 263 g/mol. The van der Waals surface area contributed by atoms with Crippen molar-refractivity contribution in [1.29, 1.82) is 5.41 Å². The summed E-state index contributed by atoms with van der Waals surface area (Å²) >= 11 is 0. The molecule has 19 heavy (non-hydrogen) atoms. The van der Waals surface area contributed by atoms with Gasteiger partial charge in [-0.1, -0.05) is 30.3 Å². The van der Waals surface area contributed by atoms with E-state index < -0.39 is 11.8 Å². The zero-order valence-electron chi connectivity index (χ0n) is 10.9. The summed E-state index contributed by atoms with van der Waals surface area (Å²) in [6.07, 6.45) is 0. The van der Waals surface area contributed by atoms with E-state index in [1.54, 1.807) is 13.8 Å². The third kappa shape index (κ3) is 4.42. The fourth-order valence-electron chi connectivity index (χ4n) is 1.38. The van der Waals surface area contributed by atoms with Crippen LogP contribution in [0, 0.1) is 5.41 Å². The van der Waals surface area contributed by atoms with Crippen molar-refractivity contribution in [1.82, 2.24) is 10.9 Å². The Morgan fingerprint density at radius 1 is 1.26 bits per heavy atom. The molecule has 1 rings (SSSR count). The predicted octanol–water partition coefficient (Wildman–Crippen LogP) is 0.951. The van der Waals surface area contributed by atoms with Crippen molar-refractivity contribution >= 4 is 17.7 Å². The lowest BCUT2D eigenvalue weighted by molar-refractivity contribution is -0.135. The normalized spacial score (nSPS) is 11.3. The number of carbonyl (C=O) groups excluding carboxylic acids is 2. The molecule has 0 aliphatic carbocycles. The van der Waals surface area contributed by atoms with E-state index in [2.05, 4.69) is 15.6 Å². The lowest BCUT2D eigenvalue weighted by atomic mass is 10.0. The lowest BCUT2D eigenvalue weighted by Crippen LogP contribution is -2.46. The van der Waals surface area contributed by atoms with Crippen LogP contribution in [0.25, 0.3) is 0 Å². The van der Waals surface area contributed by atoms with E-state index in [9.17, 15) is 9.59 Å². The SMILES string of the molecule is CCOC(=O)C(=N)NNC(=O)C(C)c1ccccc1. The summed E-state index contributed by atoms with van der Waals surface area (Å²) in [4.78, 5) is 22.9. The van der Waals surface area contributed by atoms with Crippen LogP contribution in [-0.2, 0) is 14.3 Å². The molecular weight excluding hydrogens is 246 g/mol. The summed E-state index contributed by atoms with van der Waals surface area (Å²) < 4.78 is 4.60. The zero-order valence-corrected chi connectivity index (χ0v) is 10.9. The summed E-state index contributed by atoms with van der Waals surface area (Å²) in [5.41, 5.74) is 5.38. The topological polar surface area (TPSA) is 91.3 Å². The monoisotopic (exact) mass is 263 g/mol. The first-order valence-electron chi connectivity index (χ1n) is 5.92. The maximum atomic E-state index is 11.8. The molecule has 0 aliphatic rings. The van der Waals surface area contributed by atoms with E-state index in [4.69, 9.17) is 5.41 Å². The van der Waals surface area contributed by atoms with Crippen molar-refractivity contribution in [2.45, 2.75) is 19.8 Å². The van der Waals surface area contributed by atoms with Crippen LogP contribution >= 0.6 is 0 Å². The number of hydrogen-bond donors (Lipinski definition) is 3. The lowest BCUT2D eigenvalue weighted by Gasteiger charge is -2.13. The first-order valence-corrected chi connectivity index (χ1v) is 5.92. The summed E-state index contributed by atoms with van der Waals surface area (Å²) in [5, 5.41) is 7.34. The quantitative estimate of drug-likeness (QED) is 0.328. The smallest absolute Gasteiger partial charge is 0.375 e. The highest BCUT2D eigenvalue weighted by atomic mass is 16.5. The minimum absolute atomic E-state index is 0.178. The van der Waals surface area contributed by atoms with Crippen LogP contribution in [-0.4, -0.2) is 24.3 Å². The number of rotatable bonds is 3. The Kier molecular flexibility index (Phi) is 5.53. The highest BCUT2D eigenvalue weighted by Gasteiger charge is 2.16. The minimum atomic E-state index is -0.810. The molecule has 3 N–H and O–H groups in total. The second-order valence-corrected chi connectivity index (χ2v) is 3.84. The van der Waals surface area contributed by atoms with Crippen LogP contribution < -0.4 is 10.9 Å². The van der Waals surface area contributed by atoms with Crippen LogP contribution in [0.15, 0.2) is 30.3 Å². The van der Waals surface area contributed by atoms with Gasteiger partial charge in [-0.25, -0.2) is 4.79 Å². The molecule has 0 saturated heterocycles. The number of carbonyl (C=O) groups is 2. The van der Waals surface area contributed by atoms with Gasteiger partial charge < -0.3 is 4.74 Å². The number of amidine groups is 1. The molecule has 0 aromatic heterocycles. The van der Waals surface area contributed by atoms with Crippen LogP contribution in [0.1, 0.15) is 25.3 Å². The number of amides is 1.